The first-order chi connectivity index (χ1) is 10.5. The Hall–Kier alpha value is -0.510. The molecular formula is C14H20Cl2IN5S. The number of guanidine groups is 1. The van der Waals surface area contributed by atoms with Crippen LogP contribution in [0.1, 0.15) is 22.5 Å². The quantitative estimate of drug-likeness (QED) is 0.381. The number of hydrogen-bond acceptors (Lipinski definition) is 3. The molecule has 0 aliphatic carbocycles. The molecule has 2 aromatic heterocycles. The molecule has 0 spiro atoms. The summed E-state index contributed by atoms with van der Waals surface area (Å²) in [5.41, 5.74) is 0.959. The van der Waals surface area contributed by atoms with Crippen LogP contribution in [0.25, 0.3) is 0 Å². The zero-order valence-corrected chi connectivity index (χ0v) is 17.8. The molecule has 5 nitrogen and oxygen atoms in total. The van der Waals surface area contributed by atoms with E-state index in [-0.39, 0.29) is 24.0 Å². The normalized spacial score (nSPS) is 11.3. The first-order valence-corrected chi connectivity index (χ1v) is 8.51. The molecule has 2 aromatic rings. The second-order valence-corrected chi connectivity index (χ2v) is 6.81. The Morgan fingerprint density at radius 2 is 2.13 bits per heavy atom. The van der Waals surface area contributed by atoms with Gasteiger partial charge in [0.15, 0.2) is 5.96 Å². The topological polar surface area (TPSA) is 54.2 Å². The van der Waals surface area contributed by atoms with Crippen LogP contribution >= 0.6 is 58.5 Å². The molecule has 0 bridgehead atoms. The van der Waals surface area contributed by atoms with Gasteiger partial charge in [-0.05, 0) is 19.9 Å². The largest absolute Gasteiger partial charge is 0.357 e. The molecular weight excluding hydrogens is 468 g/mol. The lowest BCUT2D eigenvalue weighted by molar-refractivity contribution is 0.790. The number of thiazole rings is 1. The Balaban J connectivity index is 0.00000264. The third kappa shape index (κ3) is 5.81. The maximum Gasteiger partial charge on any atom is 0.191 e. The highest BCUT2D eigenvalue weighted by molar-refractivity contribution is 14.0. The van der Waals surface area contributed by atoms with Crippen molar-refractivity contribution in [1.29, 1.82) is 0 Å². The van der Waals surface area contributed by atoms with Gasteiger partial charge in [-0.25, -0.2) is 9.98 Å². The molecule has 0 radical (unpaired) electrons. The van der Waals surface area contributed by atoms with E-state index < -0.39 is 0 Å². The predicted octanol–water partition coefficient (Wildman–Crippen LogP) is 3.97. The van der Waals surface area contributed by atoms with E-state index in [4.69, 9.17) is 23.2 Å². The summed E-state index contributed by atoms with van der Waals surface area (Å²) >= 11 is 13.8. The molecule has 0 aliphatic rings. The minimum Gasteiger partial charge on any atom is -0.357 e. The summed E-state index contributed by atoms with van der Waals surface area (Å²) in [6.07, 6.45) is 1.88. The van der Waals surface area contributed by atoms with E-state index in [1.807, 2.05) is 37.7 Å². The second-order valence-electron chi connectivity index (χ2n) is 4.73. The lowest BCUT2D eigenvalue weighted by atomic mass is 10.4. The maximum absolute atomic E-state index is 6.06. The summed E-state index contributed by atoms with van der Waals surface area (Å²) in [6, 6.07) is 1.84. The fourth-order valence-corrected chi connectivity index (χ4v) is 3.05. The van der Waals surface area contributed by atoms with Crippen LogP contribution in [-0.4, -0.2) is 22.1 Å². The first kappa shape index (κ1) is 20.5. The number of aliphatic imine (C=N–C) groups is 1. The van der Waals surface area contributed by atoms with Crippen molar-refractivity contribution in [3.8, 4) is 0 Å². The summed E-state index contributed by atoms with van der Waals surface area (Å²) in [7, 11) is 1.87. The SMILES string of the molecule is CCNC(=NCc1cc(Cl)c(Cl)n1C)NCc1cnc(C)s1.I. The van der Waals surface area contributed by atoms with E-state index in [1.54, 1.807) is 11.3 Å². The van der Waals surface area contributed by atoms with Crippen molar-refractivity contribution in [3.63, 3.8) is 0 Å². The monoisotopic (exact) mass is 487 g/mol. The fraction of sp³-hybridized carbons (Fsp3) is 0.429. The number of halogens is 3. The van der Waals surface area contributed by atoms with Crippen LogP contribution in [0.3, 0.4) is 0 Å². The van der Waals surface area contributed by atoms with Gasteiger partial charge in [0.2, 0.25) is 0 Å². The van der Waals surface area contributed by atoms with Gasteiger partial charge in [-0.2, -0.15) is 0 Å². The summed E-state index contributed by atoms with van der Waals surface area (Å²) in [5, 5.41) is 8.66. The molecule has 0 fully saturated rings. The van der Waals surface area contributed by atoms with Crippen LogP contribution in [0.4, 0.5) is 0 Å². The zero-order chi connectivity index (χ0) is 16.1. The molecule has 2 N–H and O–H groups in total. The Bertz CT molecular complexity index is 668. The van der Waals surface area contributed by atoms with Crippen molar-refractivity contribution in [2.45, 2.75) is 26.9 Å². The third-order valence-corrected chi connectivity index (χ3v) is 4.81. The van der Waals surface area contributed by atoms with E-state index >= 15 is 0 Å². The van der Waals surface area contributed by atoms with E-state index in [0.29, 0.717) is 23.3 Å². The third-order valence-electron chi connectivity index (χ3n) is 3.06. The molecule has 0 saturated heterocycles. The van der Waals surface area contributed by atoms with E-state index in [0.717, 1.165) is 23.2 Å². The minimum absolute atomic E-state index is 0. The van der Waals surface area contributed by atoms with E-state index in [2.05, 4.69) is 20.6 Å². The van der Waals surface area contributed by atoms with Crippen LogP contribution in [0.5, 0.6) is 0 Å². The average Bonchev–Trinajstić information content (AvgIpc) is 3.01. The molecule has 0 amide bonds. The van der Waals surface area contributed by atoms with Gasteiger partial charge < -0.3 is 15.2 Å². The van der Waals surface area contributed by atoms with Crippen LogP contribution < -0.4 is 10.6 Å². The van der Waals surface area contributed by atoms with Crippen molar-refractivity contribution < 1.29 is 0 Å². The molecule has 0 saturated carbocycles. The molecule has 9 heteroatoms. The fourth-order valence-electron chi connectivity index (χ4n) is 1.90. The van der Waals surface area contributed by atoms with E-state index in [1.165, 1.54) is 4.88 Å². The van der Waals surface area contributed by atoms with Gasteiger partial charge in [0.1, 0.15) is 5.15 Å². The maximum atomic E-state index is 6.06. The van der Waals surface area contributed by atoms with Gasteiger partial charge >= 0.3 is 0 Å². The highest BCUT2D eigenvalue weighted by atomic mass is 127. The van der Waals surface area contributed by atoms with Crippen LogP contribution in [0.2, 0.25) is 10.2 Å². The van der Waals surface area contributed by atoms with E-state index in [9.17, 15) is 0 Å². The smallest absolute Gasteiger partial charge is 0.191 e. The van der Waals surface area contributed by atoms with Crippen molar-refractivity contribution in [1.82, 2.24) is 20.2 Å². The van der Waals surface area contributed by atoms with Crippen LogP contribution in [0.15, 0.2) is 17.3 Å². The summed E-state index contributed by atoms with van der Waals surface area (Å²) < 4.78 is 1.84. The molecule has 2 rings (SSSR count). The molecule has 23 heavy (non-hydrogen) atoms. The van der Waals surface area contributed by atoms with Crippen molar-refractivity contribution in [2.75, 3.05) is 6.54 Å². The Morgan fingerprint density at radius 1 is 1.39 bits per heavy atom. The van der Waals surface area contributed by atoms with Gasteiger partial charge in [0.05, 0.1) is 23.1 Å². The minimum atomic E-state index is 0. The molecule has 0 unspecified atom stereocenters. The summed E-state index contributed by atoms with van der Waals surface area (Å²) in [6.45, 7) is 6.02. The highest BCUT2D eigenvalue weighted by Gasteiger charge is 2.08. The molecule has 0 aliphatic heterocycles. The summed E-state index contributed by atoms with van der Waals surface area (Å²) in [5.74, 6) is 0.752. The average molecular weight is 488 g/mol. The van der Waals surface area contributed by atoms with Gasteiger partial charge in [-0.15, -0.1) is 35.3 Å². The number of hydrogen-bond donors (Lipinski definition) is 2. The predicted molar refractivity (Wildman–Crippen MR) is 109 cm³/mol. The van der Waals surface area contributed by atoms with Crippen molar-refractivity contribution in [2.24, 2.45) is 12.0 Å². The van der Waals surface area contributed by atoms with Gasteiger partial charge in [0.25, 0.3) is 0 Å². The summed E-state index contributed by atoms with van der Waals surface area (Å²) in [4.78, 5) is 9.98. The number of aromatic nitrogens is 2. The van der Waals surface area contributed by atoms with Crippen molar-refractivity contribution in [3.05, 3.63) is 38.0 Å². The number of nitrogens with zero attached hydrogens (tertiary/aromatic N) is 3. The molecule has 0 atom stereocenters. The highest BCUT2D eigenvalue weighted by Crippen LogP contribution is 2.25. The second kappa shape index (κ2) is 9.71. The standard InChI is InChI=1S/C14H19Cl2N5S.HI/c1-4-17-14(20-8-11-7-18-9(2)22-11)19-6-10-5-12(15)13(16)21(10)3;/h5,7H,4,6,8H2,1-3H3,(H2,17,19,20);1H. The lowest BCUT2D eigenvalue weighted by Gasteiger charge is -2.10. The van der Waals surface area contributed by atoms with Crippen molar-refractivity contribution >= 4 is 64.5 Å². The molecule has 0 aromatic carbocycles. The molecule has 128 valence electrons. The lowest BCUT2D eigenvalue weighted by Crippen LogP contribution is -2.36. The molecule has 2 heterocycles. The van der Waals surface area contributed by atoms with Gasteiger partial charge in [-0.1, -0.05) is 23.2 Å². The van der Waals surface area contributed by atoms with Gasteiger partial charge in [-0.3, -0.25) is 0 Å². The van der Waals surface area contributed by atoms with Crippen LogP contribution in [0, 0.1) is 6.92 Å². The Kier molecular flexibility index (Phi) is 8.66. The number of aryl methyl sites for hydroxylation is 1. The number of nitrogens with one attached hydrogen (secondary N) is 2. The Morgan fingerprint density at radius 3 is 2.65 bits per heavy atom. The van der Waals surface area contributed by atoms with Crippen LogP contribution in [-0.2, 0) is 20.1 Å². The Labute approximate surface area is 167 Å². The number of rotatable bonds is 5. The first-order valence-electron chi connectivity index (χ1n) is 6.94. The van der Waals surface area contributed by atoms with Gasteiger partial charge in [0, 0.05) is 30.4 Å². The zero-order valence-electron chi connectivity index (χ0n) is 13.2.